The fourth-order valence-corrected chi connectivity index (χ4v) is 3.82. The van der Waals surface area contributed by atoms with Gasteiger partial charge in [0, 0.05) is 10.4 Å². The summed E-state index contributed by atoms with van der Waals surface area (Å²) in [6.07, 6.45) is 5.42. The number of hydrogen-bond acceptors (Lipinski definition) is 5. The van der Waals surface area contributed by atoms with Crippen LogP contribution in [0.4, 0.5) is 0 Å². The highest BCUT2D eigenvalue weighted by atomic mass is 35.5. The lowest BCUT2D eigenvalue weighted by Crippen LogP contribution is -2.19. The van der Waals surface area contributed by atoms with Crippen LogP contribution >= 0.6 is 23.4 Å². The van der Waals surface area contributed by atoms with Crippen LogP contribution < -0.4 is 5.43 Å². The number of nitrogens with one attached hydrogen (secondary N) is 1. The molecular weight excluding hydrogens is 440 g/mol. The Kier molecular flexibility index (Phi) is 7.27. The molecule has 1 amide bonds. The molecule has 0 aliphatic rings. The summed E-state index contributed by atoms with van der Waals surface area (Å²) in [6.45, 7) is 0. The molecule has 0 fully saturated rings. The van der Waals surface area contributed by atoms with Crippen molar-refractivity contribution in [3.05, 3.63) is 101 Å². The molecule has 0 radical (unpaired) electrons. The summed E-state index contributed by atoms with van der Waals surface area (Å²) in [4.78, 5) is 21.5. The Morgan fingerprint density at radius 2 is 1.66 bits per heavy atom. The highest BCUT2D eigenvalue weighted by Crippen LogP contribution is 2.25. The lowest BCUT2D eigenvalue weighted by molar-refractivity contribution is -0.118. The zero-order valence-electron chi connectivity index (χ0n) is 17.0. The first-order valence-electron chi connectivity index (χ1n) is 9.87. The summed E-state index contributed by atoms with van der Waals surface area (Å²) in [7, 11) is 0. The third-order valence-corrected chi connectivity index (χ3v) is 5.67. The van der Waals surface area contributed by atoms with Crippen molar-refractivity contribution in [1.29, 1.82) is 0 Å². The van der Waals surface area contributed by atoms with E-state index in [-0.39, 0.29) is 11.7 Å². The zero-order chi connectivity index (χ0) is 22.2. The van der Waals surface area contributed by atoms with E-state index in [1.807, 2.05) is 78.9 Å². The van der Waals surface area contributed by atoms with Gasteiger partial charge in [-0.2, -0.15) is 5.10 Å². The van der Waals surface area contributed by atoms with Gasteiger partial charge in [-0.25, -0.2) is 15.4 Å². The van der Waals surface area contributed by atoms with Gasteiger partial charge >= 0.3 is 0 Å². The molecule has 0 bridgehead atoms. The molecule has 0 aliphatic heterocycles. The van der Waals surface area contributed by atoms with Gasteiger partial charge in [0.25, 0.3) is 0 Å². The minimum absolute atomic E-state index is 0.181. The Hall–Kier alpha value is -3.48. The highest BCUT2D eigenvalue weighted by Gasteiger charge is 2.09. The molecule has 4 rings (SSSR count). The third-order valence-electron chi connectivity index (χ3n) is 4.42. The molecule has 4 aromatic rings. The number of hydrazone groups is 1. The number of benzene rings is 3. The number of hydrogen-bond donors (Lipinski definition) is 1. The summed E-state index contributed by atoms with van der Waals surface area (Å²) in [6, 6.07) is 24.9. The Morgan fingerprint density at radius 1 is 0.906 bits per heavy atom. The fraction of sp³-hybridized carbons (Fsp3) is 0.0400. The van der Waals surface area contributed by atoms with E-state index in [1.54, 1.807) is 18.3 Å². The van der Waals surface area contributed by atoms with Crippen molar-refractivity contribution in [1.82, 2.24) is 15.4 Å². The number of rotatable bonds is 7. The van der Waals surface area contributed by atoms with Crippen LogP contribution in [0.15, 0.2) is 89.0 Å². The molecule has 1 N–H and O–H groups in total. The lowest BCUT2D eigenvalue weighted by atomic mass is 10.2. The van der Waals surface area contributed by atoms with Gasteiger partial charge in [0.1, 0.15) is 5.03 Å². The Balaban J connectivity index is 1.45. The standard InChI is InChI=1S/C25H19ClN4OS/c26-20-13-10-19(11-14-20)16-27-30-24(31)17-32-25-21-8-4-5-9-22(21)28-23(29-25)15-12-18-6-2-1-3-7-18/h1-16H,17H2,(H,30,31). The van der Waals surface area contributed by atoms with E-state index >= 15 is 0 Å². The number of aromatic nitrogens is 2. The molecule has 1 heterocycles. The molecular formula is C25H19ClN4OS. The molecule has 0 saturated carbocycles. The van der Waals surface area contributed by atoms with E-state index in [0.29, 0.717) is 10.8 Å². The predicted octanol–water partition coefficient (Wildman–Crippen LogP) is 5.70. The predicted molar refractivity (Wildman–Crippen MR) is 133 cm³/mol. The summed E-state index contributed by atoms with van der Waals surface area (Å²) >= 11 is 7.22. The average molecular weight is 459 g/mol. The molecule has 7 heteroatoms. The Morgan fingerprint density at radius 3 is 2.47 bits per heavy atom. The number of amides is 1. The first-order chi connectivity index (χ1) is 15.7. The van der Waals surface area contributed by atoms with Gasteiger partial charge in [-0.05, 0) is 35.4 Å². The van der Waals surface area contributed by atoms with Crippen LogP contribution in [0.3, 0.4) is 0 Å². The van der Waals surface area contributed by atoms with Gasteiger partial charge in [-0.1, -0.05) is 90.1 Å². The summed E-state index contributed by atoms with van der Waals surface area (Å²) < 4.78 is 0. The van der Waals surface area contributed by atoms with Crippen molar-refractivity contribution in [2.75, 3.05) is 5.75 Å². The summed E-state index contributed by atoms with van der Waals surface area (Å²) in [5.41, 5.74) is 5.29. The third kappa shape index (κ3) is 6.03. The van der Waals surface area contributed by atoms with Crippen LogP contribution in [0.1, 0.15) is 17.0 Å². The molecule has 158 valence electrons. The quantitative estimate of drug-likeness (QED) is 0.167. The van der Waals surface area contributed by atoms with Crippen LogP contribution in [-0.4, -0.2) is 27.8 Å². The topological polar surface area (TPSA) is 67.2 Å². The van der Waals surface area contributed by atoms with Crippen molar-refractivity contribution in [3.8, 4) is 0 Å². The first kappa shape index (κ1) is 21.7. The molecule has 0 spiro atoms. The van der Waals surface area contributed by atoms with Crippen molar-refractivity contribution in [2.45, 2.75) is 5.03 Å². The Labute approximate surface area is 195 Å². The molecule has 5 nitrogen and oxygen atoms in total. The average Bonchev–Trinajstić information content (AvgIpc) is 2.83. The van der Waals surface area contributed by atoms with Gasteiger partial charge in [0.05, 0.1) is 17.5 Å². The summed E-state index contributed by atoms with van der Waals surface area (Å²) in [5.74, 6) is 0.557. The van der Waals surface area contributed by atoms with Gasteiger partial charge in [-0.3, -0.25) is 4.79 Å². The van der Waals surface area contributed by atoms with Gasteiger partial charge < -0.3 is 0 Å². The number of fused-ring (bicyclic) bond motifs is 1. The largest absolute Gasteiger partial charge is 0.272 e. The summed E-state index contributed by atoms with van der Waals surface area (Å²) in [5, 5.41) is 6.31. The number of nitrogens with zero attached hydrogens (tertiary/aromatic N) is 3. The van der Waals surface area contributed by atoms with Gasteiger partial charge in [-0.15, -0.1) is 0 Å². The molecule has 0 saturated heterocycles. The normalized spacial score (nSPS) is 11.4. The van der Waals surface area contributed by atoms with Crippen LogP contribution in [-0.2, 0) is 4.79 Å². The maximum atomic E-state index is 12.3. The van der Waals surface area contributed by atoms with Crippen molar-refractivity contribution >= 4 is 58.5 Å². The smallest absolute Gasteiger partial charge is 0.250 e. The highest BCUT2D eigenvalue weighted by molar-refractivity contribution is 8.00. The number of thioether (sulfide) groups is 1. The number of halogens is 1. The monoisotopic (exact) mass is 458 g/mol. The second-order valence-electron chi connectivity index (χ2n) is 6.78. The lowest BCUT2D eigenvalue weighted by Gasteiger charge is -2.06. The second kappa shape index (κ2) is 10.7. The van der Waals surface area contributed by atoms with E-state index in [2.05, 4.69) is 20.5 Å². The number of carbonyl (C=O) groups is 1. The van der Waals surface area contributed by atoms with Gasteiger partial charge in [0.2, 0.25) is 5.91 Å². The van der Waals surface area contributed by atoms with Crippen LogP contribution in [0.25, 0.3) is 23.1 Å². The molecule has 3 aromatic carbocycles. The minimum atomic E-state index is -0.218. The van der Waals surface area contributed by atoms with Crippen LogP contribution in [0, 0.1) is 0 Å². The van der Waals surface area contributed by atoms with Crippen molar-refractivity contribution < 1.29 is 4.79 Å². The molecule has 1 aromatic heterocycles. The zero-order valence-corrected chi connectivity index (χ0v) is 18.6. The van der Waals surface area contributed by atoms with Crippen molar-refractivity contribution in [2.24, 2.45) is 5.10 Å². The van der Waals surface area contributed by atoms with E-state index < -0.39 is 0 Å². The van der Waals surface area contributed by atoms with Gasteiger partial charge in [0.15, 0.2) is 5.82 Å². The minimum Gasteiger partial charge on any atom is -0.272 e. The van der Waals surface area contributed by atoms with Crippen LogP contribution in [0.5, 0.6) is 0 Å². The van der Waals surface area contributed by atoms with E-state index in [4.69, 9.17) is 11.6 Å². The first-order valence-corrected chi connectivity index (χ1v) is 11.2. The number of carbonyl (C=O) groups excluding carboxylic acids is 1. The van der Waals surface area contributed by atoms with E-state index in [9.17, 15) is 4.79 Å². The molecule has 0 atom stereocenters. The van der Waals surface area contributed by atoms with Crippen molar-refractivity contribution in [3.63, 3.8) is 0 Å². The van der Waals surface area contributed by atoms with Crippen LogP contribution in [0.2, 0.25) is 5.02 Å². The SMILES string of the molecule is O=C(CSc1nc(C=Cc2ccccc2)nc2ccccc12)NN=Cc1ccc(Cl)cc1. The number of para-hydroxylation sites is 1. The molecule has 0 unspecified atom stereocenters. The maximum absolute atomic E-state index is 12.3. The molecule has 32 heavy (non-hydrogen) atoms. The van der Waals surface area contributed by atoms with E-state index in [0.717, 1.165) is 27.1 Å². The van der Waals surface area contributed by atoms with E-state index in [1.165, 1.54) is 11.8 Å². The Bertz CT molecular complexity index is 1270. The maximum Gasteiger partial charge on any atom is 0.250 e. The second-order valence-corrected chi connectivity index (χ2v) is 8.18. The molecule has 0 aliphatic carbocycles. The fourth-order valence-electron chi connectivity index (χ4n) is 2.88.